The van der Waals surface area contributed by atoms with E-state index in [1.54, 1.807) is 32.9 Å². The molecule has 40 heavy (non-hydrogen) atoms. The fourth-order valence-electron chi connectivity index (χ4n) is 5.41. The Morgan fingerprint density at radius 3 is 2.50 bits per heavy atom. The first-order valence-corrected chi connectivity index (χ1v) is 13.8. The van der Waals surface area contributed by atoms with Gasteiger partial charge in [0.25, 0.3) is 5.91 Å². The van der Waals surface area contributed by atoms with Gasteiger partial charge in [0.1, 0.15) is 17.6 Å². The van der Waals surface area contributed by atoms with Gasteiger partial charge in [0.15, 0.2) is 11.9 Å². The Morgan fingerprint density at radius 1 is 1.18 bits per heavy atom. The highest BCUT2D eigenvalue weighted by molar-refractivity contribution is 6.00. The number of halogens is 1. The highest BCUT2D eigenvalue weighted by Crippen LogP contribution is 2.51. The van der Waals surface area contributed by atoms with E-state index in [4.69, 9.17) is 0 Å². The lowest BCUT2D eigenvalue weighted by molar-refractivity contribution is -0.612. The molecule has 0 spiro atoms. The van der Waals surface area contributed by atoms with Crippen molar-refractivity contribution in [1.29, 1.82) is 0 Å². The molecule has 0 aliphatic heterocycles. The first-order chi connectivity index (χ1) is 19.1. The molecule has 11 heteroatoms. The second-order valence-corrected chi connectivity index (χ2v) is 11.1. The summed E-state index contributed by atoms with van der Waals surface area (Å²) in [6, 6.07) is 5.48. The lowest BCUT2D eigenvalue weighted by Gasteiger charge is -2.27. The number of rotatable bonds is 11. The Bertz CT molecular complexity index is 1400. The quantitative estimate of drug-likeness (QED) is 0.190. The monoisotopic (exact) mass is 550 g/mol. The summed E-state index contributed by atoms with van der Waals surface area (Å²) in [7, 11) is 0. The van der Waals surface area contributed by atoms with E-state index in [0.717, 1.165) is 25.7 Å². The molecule has 10 nitrogen and oxygen atoms in total. The summed E-state index contributed by atoms with van der Waals surface area (Å²) in [6.45, 7) is 5.39. The summed E-state index contributed by atoms with van der Waals surface area (Å²) in [5, 5.41) is 31.7. The Kier molecular flexibility index (Phi) is 7.84. The fourth-order valence-corrected chi connectivity index (χ4v) is 5.41. The molecule has 2 atom stereocenters. The molecule has 3 N–H and O–H groups in total. The molecule has 0 bridgehead atoms. The molecule has 5 rings (SSSR count). The lowest BCUT2D eigenvalue weighted by Crippen LogP contribution is -2.50. The number of aliphatic hydroxyl groups excluding tert-OH is 1. The summed E-state index contributed by atoms with van der Waals surface area (Å²) in [5.41, 5.74) is 1.92. The van der Waals surface area contributed by atoms with E-state index in [2.05, 4.69) is 20.7 Å². The maximum atomic E-state index is 15.2. The van der Waals surface area contributed by atoms with E-state index in [9.17, 15) is 19.9 Å². The largest absolute Gasteiger partial charge is 0.618 e. The van der Waals surface area contributed by atoms with Crippen LogP contribution < -0.4 is 15.4 Å². The van der Waals surface area contributed by atoms with Crippen molar-refractivity contribution in [2.24, 2.45) is 17.8 Å². The zero-order valence-corrected chi connectivity index (χ0v) is 22.9. The van der Waals surface area contributed by atoms with Crippen LogP contribution in [0.25, 0.3) is 11.1 Å². The van der Waals surface area contributed by atoms with Crippen LogP contribution in [0.2, 0.25) is 0 Å². The number of hydrogen-bond acceptors (Lipinski definition) is 6. The third kappa shape index (κ3) is 6.14. The highest BCUT2D eigenvalue weighted by atomic mass is 19.1. The van der Waals surface area contributed by atoms with E-state index >= 15 is 4.39 Å². The molecule has 3 heterocycles. The van der Waals surface area contributed by atoms with Crippen LogP contribution in [0.5, 0.6) is 0 Å². The SMILES string of the molecule is Cc1cc(-c2ccc(NC(=O)[C@@H](NC(=O)c3ccnn3CCC(C)O)C(C3CC3)C3CC3)nc2F)c(C)[n+]([O-])c1. The van der Waals surface area contributed by atoms with Crippen molar-refractivity contribution in [1.82, 2.24) is 20.1 Å². The molecule has 3 aromatic rings. The molecule has 0 aromatic carbocycles. The smallest absolute Gasteiger partial charge is 0.270 e. The normalized spacial score (nSPS) is 16.6. The second kappa shape index (κ2) is 11.3. The van der Waals surface area contributed by atoms with E-state index in [-0.39, 0.29) is 17.3 Å². The Hall–Kier alpha value is -3.86. The number of pyridine rings is 2. The summed E-state index contributed by atoms with van der Waals surface area (Å²) in [5.74, 6) is -0.990. The van der Waals surface area contributed by atoms with Gasteiger partial charge < -0.3 is 20.9 Å². The maximum Gasteiger partial charge on any atom is 0.270 e. The predicted molar refractivity (Wildman–Crippen MR) is 145 cm³/mol. The Balaban J connectivity index is 1.37. The van der Waals surface area contributed by atoms with Gasteiger partial charge in [-0.05, 0) is 88.0 Å². The van der Waals surface area contributed by atoms with Gasteiger partial charge in [0, 0.05) is 30.8 Å². The number of hydrogen-bond donors (Lipinski definition) is 3. The van der Waals surface area contributed by atoms with Crippen LogP contribution in [0.4, 0.5) is 10.2 Å². The van der Waals surface area contributed by atoms with Crippen molar-refractivity contribution in [3.05, 3.63) is 64.8 Å². The fraction of sp³-hybridized carbons (Fsp3) is 0.483. The third-order valence-electron chi connectivity index (χ3n) is 7.80. The van der Waals surface area contributed by atoms with E-state index < -0.39 is 29.9 Å². The van der Waals surface area contributed by atoms with Crippen molar-refractivity contribution < 1.29 is 23.8 Å². The molecular weight excluding hydrogens is 515 g/mol. The average Bonchev–Trinajstić information content (AvgIpc) is 3.84. The van der Waals surface area contributed by atoms with Crippen molar-refractivity contribution in [3.8, 4) is 11.1 Å². The van der Waals surface area contributed by atoms with Gasteiger partial charge in [-0.15, -0.1) is 0 Å². The molecule has 0 saturated heterocycles. The first kappa shape index (κ1) is 27.7. The van der Waals surface area contributed by atoms with E-state index in [1.165, 1.54) is 29.2 Å². The topological polar surface area (TPSA) is 136 Å². The number of nitrogens with zero attached hydrogens (tertiary/aromatic N) is 4. The summed E-state index contributed by atoms with van der Waals surface area (Å²) in [6.07, 6.45) is 6.85. The van der Waals surface area contributed by atoms with Gasteiger partial charge in [-0.3, -0.25) is 14.3 Å². The van der Waals surface area contributed by atoms with E-state index in [1.807, 2.05) is 0 Å². The average molecular weight is 551 g/mol. The van der Waals surface area contributed by atoms with Crippen LogP contribution in [-0.2, 0) is 11.3 Å². The summed E-state index contributed by atoms with van der Waals surface area (Å²) < 4.78 is 17.4. The van der Waals surface area contributed by atoms with Gasteiger partial charge >= 0.3 is 0 Å². The lowest BCUT2D eigenvalue weighted by atomic mass is 9.88. The number of aromatic nitrogens is 4. The number of amides is 2. The predicted octanol–water partition coefficient (Wildman–Crippen LogP) is 3.28. The van der Waals surface area contributed by atoms with Gasteiger partial charge in [0.2, 0.25) is 11.9 Å². The molecule has 2 saturated carbocycles. The van der Waals surface area contributed by atoms with Crippen LogP contribution in [0.3, 0.4) is 0 Å². The van der Waals surface area contributed by atoms with Gasteiger partial charge in [-0.2, -0.15) is 14.2 Å². The Morgan fingerprint density at radius 2 is 1.88 bits per heavy atom. The van der Waals surface area contributed by atoms with Crippen molar-refractivity contribution >= 4 is 17.6 Å². The number of carbonyl (C=O) groups excluding carboxylic acids is 2. The number of nitrogens with one attached hydrogen (secondary N) is 2. The van der Waals surface area contributed by atoms with Gasteiger partial charge in [-0.25, -0.2) is 4.98 Å². The summed E-state index contributed by atoms with van der Waals surface area (Å²) >= 11 is 0. The van der Waals surface area contributed by atoms with Crippen LogP contribution in [-0.4, -0.2) is 43.8 Å². The summed E-state index contributed by atoms with van der Waals surface area (Å²) in [4.78, 5) is 31.0. The van der Waals surface area contributed by atoms with Crippen LogP contribution in [0.1, 0.15) is 60.8 Å². The number of anilines is 1. The highest BCUT2D eigenvalue weighted by Gasteiger charge is 2.48. The minimum atomic E-state index is -0.824. The number of aliphatic hydroxyl groups is 1. The van der Waals surface area contributed by atoms with Gasteiger partial charge in [0.05, 0.1) is 11.7 Å². The molecule has 2 aliphatic carbocycles. The van der Waals surface area contributed by atoms with Crippen LogP contribution in [0.15, 0.2) is 36.7 Å². The van der Waals surface area contributed by atoms with Crippen LogP contribution >= 0.6 is 0 Å². The third-order valence-corrected chi connectivity index (χ3v) is 7.80. The minimum absolute atomic E-state index is 0.0238. The van der Waals surface area contributed by atoms with Crippen molar-refractivity contribution in [2.75, 3.05) is 5.32 Å². The zero-order valence-electron chi connectivity index (χ0n) is 22.9. The zero-order chi connectivity index (χ0) is 28.6. The molecule has 212 valence electrons. The van der Waals surface area contributed by atoms with E-state index in [0.29, 0.717) is 52.0 Å². The second-order valence-electron chi connectivity index (χ2n) is 11.1. The number of aryl methyl sites for hydroxylation is 2. The minimum Gasteiger partial charge on any atom is -0.618 e. The molecule has 2 fully saturated rings. The maximum absolute atomic E-state index is 15.2. The Labute approximate surface area is 232 Å². The molecular formula is C29H35FN6O4. The van der Waals surface area contributed by atoms with Crippen molar-refractivity contribution in [2.45, 2.75) is 71.6 Å². The molecule has 0 radical (unpaired) electrons. The molecule has 1 unspecified atom stereocenters. The van der Waals surface area contributed by atoms with Gasteiger partial charge in [-0.1, -0.05) is 0 Å². The van der Waals surface area contributed by atoms with Crippen molar-refractivity contribution in [3.63, 3.8) is 0 Å². The standard InChI is InChI=1S/C29H35FN6O4/c1-16-14-22(18(3)36(40)15-16)21-8-9-24(32-27(21)30)33-29(39)26(25(19-4-5-19)20-6-7-20)34-28(38)23-10-12-31-35(23)13-11-17(2)37/h8-10,12,14-15,17,19-20,25-26,37H,4-7,11,13H2,1-3H3,(H,34,38)(H,32,33,39)/t17?,26-/m0/s1. The van der Waals surface area contributed by atoms with Crippen LogP contribution in [0, 0.1) is 42.8 Å². The molecule has 2 amide bonds. The molecule has 3 aromatic heterocycles. The first-order valence-electron chi connectivity index (χ1n) is 13.8. The number of carbonyl (C=O) groups is 2. The molecule has 2 aliphatic rings.